The number of nitrogens with zero attached hydrogens (tertiary/aromatic N) is 2. The Balaban J connectivity index is 2.04. The van der Waals surface area contributed by atoms with Crippen LogP contribution in [0.3, 0.4) is 0 Å². The average Bonchev–Trinajstić information content (AvgIpc) is 3.04. The Kier molecular flexibility index (Phi) is 3.82. The van der Waals surface area contributed by atoms with Gasteiger partial charge in [-0.15, -0.1) is 0 Å². The van der Waals surface area contributed by atoms with Crippen LogP contribution in [0.2, 0.25) is 0 Å². The molecule has 1 aromatic heterocycles. The van der Waals surface area contributed by atoms with Gasteiger partial charge in [-0.2, -0.15) is 5.10 Å². The number of carboxylic acid groups (broad SMARTS) is 1. The Bertz CT molecular complexity index is 571. The van der Waals surface area contributed by atoms with Crippen LogP contribution in [-0.2, 0) is 15.1 Å². The van der Waals surface area contributed by atoms with Crippen molar-refractivity contribution < 1.29 is 14.7 Å². The van der Waals surface area contributed by atoms with E-state index in [1.165, 1.54) is 0 Å². The highest BCUT2D eigenvalue weighted by atomic mass is 16.4. The lowest BCUT2D eigenvalue weighted by molar-refractivity contribution is -0.140. The zero-order chi connectivity index (χ0) is 15.9. The fraction of sp³-hybridized carbons (Fsp3) is 0.667. The van der Waals surface area contributed by atoms with E-state index in [-0.39, 0.29) is 23.4 Å². The van der Waals surface area contributed by atoms with Gasteiger partial charge in [0, 0.05) is 11.8 Å². The van der Waals surface area contributed by atoms with E-state index >= 15 is 0 Å². The van der Waals surface area contributed by atoms with Gasteiger partial charge in [0.15, 0.2) is 0 Å². The molecule has 1 aromatic rings. The first-order valence-corrected chi connectivity index (χ1v) is 7.21. The number of aromatic nitrogens is 2. The molecular weight excluding hydrogens is 270 g/mol. The minimum Gasteiger partial charge on any atom is -0.481 e. The summed E-state index contributed by atoms with van der Waals surface area (Å²) in [6, 6.07) is -0.177. The maximum absolute atomic E-state index is 12.0. The average molecular weight is 293 g/mol. The summed E-state index contributed by atoms with van der Waals surface area (Å²) in [5.41, 5.74) is 1.73. The van der Waals surface area contributed by atoms with Gasteiger partial charge < -0.3 is 10.4 Å². The predicted molar refractivity (Wildman–Crippen MR) is 77.8 cm³/mol. The van der Waals surface area contributed by atoms with Crippen LogP contribution in [0.25, 0.3) is 0 Å². The monoisotopic (exact) mass is 293 g/mol. The summed E-state index contributed by atoms with van der Waals surface area (Å²) in [5.74, 6) is -1.98. The first-order chi connectivity index (χ1) is 9.61. The molecule has 2 rings (SSSR count). The standard InChI is InChI=1S/C15H23N3O3/c1-8(16-13(19)10-6-11(10)14(20)21)12-7-18(15(3,4)5)17-9(12)2/h7-8,10-11H,6H2,1-5H3,(H,16,19)(H,20,21). The van der Waals surface area contributed by atoms with Crippen molar-refractivity contribution in [3.8, 4) is 0 Å². The Morgan fingerprint density at radius 3 is 2.48 bits per heavy atom. The molecule has 0 radical (unpaired) electrons. The number of carboxylic acids is 1. The second-order valence-electron chi connectivity index (χ2n) is 6.80. The van der Waals surface area contributed by atoms with Crippen LogP contribution in [-0.4, -0.2) is 26.8 Å². The second-order valence-corrected chi connectivity index (χ2v) is 6.80. The minimum absolute atomic E-state index is 0.113. The van der Waals surface area contributed by atoms with E-state index in [1.807, 2.05) is 24.7 Å². The zero-order valence-corrected chi connectivity index (χ0v) is 13.2. The number of aryl methyl sites for hydroxylation is 1. The van der Waals surface area contributed by atoms with Crippen LogP contribution in [0.15, 0.2) is 6.20 Å². The van der Waals surface area contributed by atoms with Gasteiger partial charge in [-0.05, 0) is 41.0 Å². The van der Waals surface area contributed by atoms with Gasteiger partial charge in [0.05, 0.1) is 29.1 Å². The number of carbonyl (C=O) groups excluding carboxylic acids is 1. The van der Waals surface area contributed by atoms with E-state index in [2.05, 4.69) is 31.2 Å². The highest BCUT2D eigenvalue weighted by molar-refractivity contribution is 5.89. The van der Waals surface area contributed by atoms with Gasteiger partial charge in [-0.25, -0.2) is 0 Å². The highest BCUT2D eigenvalue weighted by Crippen LogP contribution is 2.39. The molecule has 1 fully saturated rings. The van der Waals surface area contributed by atoms with E-state index < -0.39 is 11.9 Å². The van der Waals surface area contributed by atoms with Gasteiger partial charge >= 0.3 is 5.97 Å². The molecular formula is C15H23N3O3. The summed E-state index contributed by atoms with van der Waals surface area (Å²) < 4.78 is 1.89. The van der Waals surface area contributed by atoms with Crippen molar-refractivity contribution in [1.82, 2.24) is 15.1 Å². The van der Waals surface area contributed by atoms with Crippen LogP contribution >= 0.6 is 0 Å². The lowest BCUT2D eigenvalue weighted by atomic mass is 10.1. The lowest BCUT2D eigenvalue weighted by Crippen LogP contribution is -2.29. The fourth-order valence-electron chi connectivity index (χ4n) is 2.40. The Morgan fingerprint density at radius 1 is 1.43 bits per heavy atom. The molecule has 0 bridgehead atoms. The molecule has 0 aromatic carbocycles. The molecule has 1 aliphatic carbocycles. The van der Waals surface area contributed by atoms with Crippen molar-refractivity contribution >= 4 is 11.9 Å². The molecule has 2 N–H and O–H groups in total. The number of aliphatic carboxylic acids is 1. The predicted octanol–water partition coefficient (Wildman–Crippen LogP) is 1.84. The van der Waals surface area contributed by atoms with E-state index in [9.17, 15) is 9.59 Å². The minimum atomic E-state index is -0.889. The van der Waals surface area contributed by atoms with Gasteiger partial charge in [0.1, 0.15) is 0 Å². The van der Waals surface area contributed by atoms with Crippen LogP contribution in [0.4, 0.5) is 0 Å². The Morgan fingerprint density at radius 2 is 2.05 bits per heavy atom. The van der Waals surface area contributed by atoms with Crippen molar-refractivity contribution in [3.05, 3.63) is 17.5 Å². The van der Waals surface area contributed by atoms with E-state index in [0.29, 0.717) is 6.42 Å². The quantitative estimate of drug-likeness (QED) is 0.887. The Hall–Kier alpha value is -1.85. The van der Waals surface area contributed by atoms with Crippen LogP contribution in [0, 0.1) is 18.8 Å². The summed E-state index contributed by atoms with van der Waals surface area (Å²) in [5, 5.41) is 16.2. The summed E-state index contributed by atoms with van der Waals surface area (Å²) in [6.07, 6.45) is 2.38. The number of rotatable bonds is 4. The maximum Gasteiger partial charge on any atom is 0.307 e. The van der Waals surface area contributed by atoms with Crippen LogP contribution in [0.1, 0.15) is 51.4 Å². The van der Waals surface area contributed by atoms with Crippen molar-refractivity contribution in [3.63, 3.8) is 0 Å². The second kappa shape index (κ2) is 5.16. The molecule has 3 unspecified atom stereocenters. The smallest absolute Gasteiger partial charge is 0.307 e. The molecule has 3 atom stereocenters. The molecule has 6 nitrogen and oxygen atoms in total. The summed E-state index contributed by atoms with van der Waals surface area (Å²) >= 11 is 0. The molecule has 116 valence electrons. The number of carbonyl (C=O) groups is 2. The van der Waals surface area contributed by atoms with Crippen molar-refractivity contribution in [2.24, 2.45) is 11.8 Å². The van der Waals surface area contributed by atoms with Crippen LogP contribution < -0.4 is 5.32 Å². The molecule has 1 aliphatic rings. The van der Waals surface area contributed by atoms with E-state index in [0.717, 1.165) is 11.3 Å². The molecule has 0 spiro atoms. The third kappa shape index (κ3) is 3.25. The van der Waals surface area contributed by atoms with E-state index in [4.69, 9.17) is 5.11 Å². The molecule has 6 heteroatoms. The van der Waals surface area contributed by atoms with Crippen molar-refractivity contribution in [1.29, 1.82) is 0 Å². The first-order valence-electron chi connectivity index (χ1n) is 7.21. The maximum atomic E-state index is 12.0. The third-order valence-electron chi connectivity index (χ3n) is 3.89. The molecule has 1 heterocycles. The summed E-state index contributed by atoms with van der Waals surface area (Å²) in [4.78, 5) is 22.8. The molecule has 0 saturated heterocycles. The van der Waals surface area contributed by atoms with Gasteiger partial charge in [0.25, 0.3) is 0 Å². The number of nitrogens with one attached hydrogen (secondary N) is 1. The highest BCUT2D eigenvalue weighted by Gasteiger charge is 2.48. The lowest BCUT2D eigenvalue weighted by Gasteiger charge is -2.19. The largest absolute Gasteiger partial charge is 0.481 e. The van der Waals surface area contributed by atoms with Gasteiger partial charge in [-0.1, -0.05) is 0 Å². The SMILES string of the molecule is Cc1nn(C(C)(C)C)cc1C(C)NC(=O)C1CC1C(=O)O. The zero-order valence-electron chi connectivity index (χ0n) is 13.2. The van der Waals surface area contributed by atoms with E-state index in [1.54, 1.807) is 0 Å². The van der Waals surface area contributed by atoms with Gasteiger partial charge in [-0.3, -0.25) is 14.3 Å². The summed E-state index contributed by atoms with van der Waals surface area (Å²) in [7, 11) is 0. The molecule has 21 heavy (non-hydrogen) atoms. The molecule has 0 aliphatic heterocycles. The normalized spacial score (nSPS) is 22.7. The summed E-state index contributed by atoms with van der Waals surface area (Å²) in [6.45, 7) is 10.0. The number of hydrogen-bond acceptors (Lipinski definition) is 3. The van der Waals surface area contributed by atoms with Gasteiger partial charge in [0.2, 0.25) is 5.91 Å². The van der Waals surface area contributed by atoms with Crippen molar-refractivity contribution in [2.75, 3.05) is 0 Å². The third-order valence-corrected chi connectivity index (χ3v) is 3.89. The first kappa shape index (κ1) is 15.5. The molecule has 1 amide bonds. The Labute approximate surface area is 124 Å². The van der Waals surface area contributed by atoms with Crippen molar-refractivity contribution in [2.45, 2.75) is 52.6 Å². The van der Waals surface area contributed by atoms with Crippen LogP contribution in [0.5, 0.6) is 0 Å². The number of hydrogen-bond donors (Lipinski definition) is 2. The fourth-order valence-corrected chi connectivity index (χ4v) is 2.40. The topological polar surface area (TPSA) is 84.2 Å². The molecule has 1 saturated carbocycles. The number of amides is 1.